The number of nitrogens with zero attached hydrogens (tertiary/aromatic N) is 1. The van der Waals surface area contributed by atoms with Gasteiger partial charge in [-0.15, -0.1) is 11.3 Å². The van der Waals surface area contributed by atoms with Gasteiger partial charge in [-0.3, -0.25) is 0 Å². The zero-order valence-electron chi connectivity index (χ0n) is 3.39. The molecule has 1 rings (SSSR count). The Morgan fingerprint density at radius 1 is 1.86 bits per heavy atom. The van der Waals surface area contributed by atoms with Gasteiger partial charge in [0.2, 0.25) is 0 Å². The van der Waals surface area contributed by atoms with E-state index in [2.05, 4.69) is 20.9 Å². The third-order valence-electron chi connectivity index (χ3n) is 0.494. The molecule has 1 heterocycles. The molecule has 0 atom stereocenters. The Morgan fingerprint density at radius 2 is 2.57 bits per heavy atom. The number of hydrogen-bond acceptors (Lipinski definition) is 3. The maximum Gasteiger partial charge on any atom is 0.181 e. The van der Waals surface area contributed by atoms with Crippen LogP contribution in [0.25, 0.3) is 0 Å². The van der Waals surface area contributed by atoms with Crippen LogP contribution in [0.2, 0.25) is 0 Å². The fraction of sp³-hybridized carbons (Fsp3) is 0. The molecule has 1 aromatic heterocycles. The van der Waals surface area contributed by atoms with Crippen LogP contribution in [-0.4, -0.2) is 4.98 Å². The maximum absolute atomic E-state index is 5.26. The largest absolute Gasteiger partial charge is 0.375 e. The minimum Gasteiger partial charge on any atom is -0.375 e. The monoisotopic (exact) mass is 178 g/mol. The van der Waals surface area contributed by atoms with Gasteiger partial charge in [-0.1, -0.05) is 0 Å². The molecule has 0 aromatic carbocycles. The Labute approximate surface area is 53.5 Å². The number of hydrogen-bond donors (Lipinski definition) is 1. The van der Waals surface area contributed by atoms with E-state index in [-0.39, 0.29) is 0 Å². The Bertz CT molecular complexity index is 145. The van der Waals surface area contributed by atoms with Crippen molar-refractivity contribution in [2.45, 2.75) is 0 Å². The number of nitrogens with two attached hydrogens (primary N) is 1. The van der Waals surface area contributed by atoms with E-state index in [1.807, 2.05) is 5.38 Å². The molecular weight excluding hydrogens is 176 g/mol. The molecule has 0 aliphatic rings. The summed E-state index contributed by atoms with van der Waals surface area (Å²) in [7, 11) is 0. The van der Waals surface area contributed by atoms with Gasteiger partial charge in [-0.25, -0.2) is 4.98 Å². The van der Waals surface area contributed by atoms with E-state index in [1.54, 1.807) is 0 Å². The van der Waals surface area contributed by atoms with E-state index in [0.29, 0.717) is 5.13 Å². The van der Waals surface area contributed by atoms with Crippen LogP contribution in [0.3, 0.4) is 0 Å². The lowest BCUT2D eigenvalue weighted by Crippen LogP contribution is -1.78. The molecule has 4 heteroatoms. The lowest BCUT2D eigenvalue weighted by atomic mass is 11.0. The second-order valence-corrected chi connectivity index (χ2v) is 2.71. The molecule has 0 aliphatic heterocycles. The van der Waals surface area contributed by atoms with Crippen molar-refractivity contribution in [1.82, 2.24) is 4.98 Å². The van der Waals surface area contributed by atoms with E-state index >= 15 is 0 Å². The molecule has 0 fully saturated rings. The van der Waals surface area contributed by atoms with Gasteiger partial charge in [-0.05, 0) is 15.9 Å². The fourth-order valence-corrected chi connectivity index (χ4v) is 1.28. The van der Waals surface area contributed by atoms with Gasteiger partial charge in [0.05, 0.1) is 0 Å². The molecule has 0 unspecified atom stereocenters. The van der Waals surface area contributed by atoms with Gasteiger partial charge in [0.1, 0.15) is 4.60 Å². The zero-order valence-corrected chi connectivity index (χ0v) is 5.79. The number of rotatable bonds is 0. The van der Waals surface area contributed by atoms with Crippen molar-refractivity contribution in [1.29, 1.82) is 0 Å². The minimum absolute atomic E-state index is 0.604. The van der Waals surface area contributed by atoms with Crippen LogP contribution < -0.4 is 5.73 Å². The molecule has 7 heavy (non-hydrogen) atoms. The number of thiazole rings is 1. The first-order chi connectivity index (χ1) is 3.29. The molecule has 0 radical (unpaired) electrons. The quantitative estimate of drug-likeness (QED) is 0.655. The molecule has 38 valence electrons. The second-order valence-electron chi connectivity index (χ2n) is 1.01. The highest BCUT2D eigenvalue weighted by atomic mass is 79.9. The smallest absolute Gasteiger partial charge is 0.181 e. The Balaban J connectivity index is 3.04. The van der Waals surface area contributed by atoms with E-state index in [0.717, 1.165) is 4.60 Å². The normalized spacial score (nSPS) is 9.29. The van der Waals surface area contributed by atoms with Crippen LogP contribution >= 0.6 is 27.3 Å². The molecule has 0 saturated carbocycles. The standard InChI is InChI=1S/C3H3BrN2S/c4-2-1-7-3(5)6-2/h1H,(H2,5,6). The number of halogens is 1. The van der Waals surface area contributed by atoms with Crippen LogP contribution in [0.5, 0.6) is 0 Å². The number of nitrogen functional groups attached to an aromatic ring is 1. The highest BCUT2D eigenvalue weighted by molar-refractivity contribution is 9.10. The van der Waals surface area contributed by atoms with Gasteiger partial charge in [0.25, 0.3) is 0 Å². The summed E-state index contributed by atoms with van der Waals surface area (Å²) in [5.74, 6) is 0. The lowest BCUT2D eigenvalue weighted by molar-refractivity contribution is 1.37. The van der Waals surface area contributed by atoms with Crippen LogP contribution in [0, 0.1) is 0 Å². The third-order valence-corrected chi connectivity index (χ3v) is 1.88. The molecule has 0 aliphatic carbocycles. The van der Waals surface area contributed by atoms with E-state index < -0.39 is 0 Å². The van der Waals surface area contributed by atoms with Crippen molar-refractivity contribution in [3.8, 4) is 0 Å². The predicted octanol–water partition coefficient (Wildman–Crippen LogP) is 1.49. The van der Waals surface area contributed by atoms with Gasteiger partial charge in [0, 0.05) is 5.38 Å². The SMILES string of the molecule is Nc1nc(Br)cs1. The summed E-state index contributed by atoms with van der Waals surface area (Å²) in [6, 6.07) is 0. The van der Waals surface area contributed by atoms with Crippen LogP contribution in [0.15, 0.2) is 9.98 Å². The van der Waals surface area contributed by atoms with E-state index in [4.69, 9.17) is 5.73 Å². The molecule has 0 bridgehead atoms. The molecular formula is C3H3BrN2S. The van der Waals surface area contributed by atoms with Crippen molar-refractivity contribution < 1.29 is 0 Å². The first-order valence-electron chi connectivity index (χ1n) is 1.65. The lowest BCUT2D eigenvalue weighted by Gasteiger charge is -1.70. The van der Waals surface area contributed by atoms with Crippen molar-refractivity contribution in [2.24, 2.45) is 0 Å². The van der Waals surface area contributed by atoms with Gasteiger partial charge < -0.3 is 5.73 Å². The summed E-state index contributed by atoms with van der Waals surface area (Å²) in [6.45, 7) is 0. The molecule has 1 aromatic rings. The zero-order chi connectivity index (χ0) is 5.28. The average molecular weight is 179 g/mol. The van der Waals surface area contributed by atoms with Crippen molar-refractivity contribution in [2.75, 3.05) is 5.73 Å². The average Bonchev–Trinajstić information content (AvgIpc) is 1.87. The van der Waals surface area contributed by atoms with Crippen molar-refractivity contribution in [3.63, 3.8) is 0 Å². The van der Waals surface area contributed by atoms with Crippen LogP contribution in [-0.2, 0) is 0 Å². The number of aromatic nitrogens is 1. The van der Waals surface area contributed by atoms with Gasteiger partial charge >= 0.3 is 0 Å². The van der Waals surface area contributed by atoms with Crippen LogP contribution in [0.1, 0.15) is 0 Å². The van der Waals surface area contributed by atoms with Gasteiger partial charge in [-0.2, -0.15) is 0 Å². The summed E-state index contributed by atoms with van der Waals surface area (Å²) in [6.07, 6.45) is 0. The third kappa shape index (κ3) is 1.14. The van der Waals surface area contributed by atoms with Crippen molar-refractivity contribution >= 4 is 32.4 Å². The van der Waals surface area contributed by atoms with E-state index in [9.17, 15) is 0 Å². The summed E-state index contributed by atoms with van der Waals surface area (Å²) in [5, 5.41) is 2.45. The topological polar surface area (TPSA) is 38.9 Å². The summed E-state index contributed by atoms with van der Waals surface area (Å²) in [4.78, 5) is 3.82. The number of anilines is 1. The first-order valence-corrected chi connectivity index (χ1v) is 3.33. The Morgan fingerprint density at radius 3 is 2.71 bits per heavy atom. The fourth-order valence-electron chi connectivity index (χ4n) is 0.267. The molecule has 0 amide bonds. The summed E-state index contributed by atoms with van der Waals surface area (Å²) in [5.41, 5.74) is 5.26. The van der Waals surface area contributed by atoms with E-state index in [1.165, 1.54) is 11.3 Å². The summed E-state index contributed by atoms with van der Waals surface area (Å²) < 4.78 is 0.815. The molecule has 0 spiro atoms. The first kappa shape index (κ1) is 5.05. The van der Waals surface area contributed by atoms with Gasteiger partial charge in [0.15, 0.2) is 5.13 Å². The predicted molar refractivity (Wildman–Crippen MR) is 34.2 cm³/mol. The van der Waals surface area contributed by atoms with Crippen molar-refractivity contribution in [3.05, 3.63) is 9.98 Å². The van der Waals surface area contributed by atoms with Crippen LogP contribution in [0.4, 0.5) is 5.13 Å². The minimum atomic E-state index is 0.604. The molecule has 2 N–H and O–H groups in total. The summed E-state index contributed by atoms with van der Waals surface area (Å²) >= 11 is 4.58. The Kier molecular flexibility index (Phi) is 1.30. The molecule has 2 nitrogen and oxygen atoms in total. The second kappa shape index (κ2) is 1.79. The maximum atomic E-state index is 5.26. The highest BCUT2D eigenvalue weighted by Crippen LogP contribution is 2.15. The molecule has 0 saturated heterocycles. The Hall–Kier alpha value is -0.0900. The highest BCUT2D eigenvalue weighted by Gasteiger charge is 1.88.